The molecule has 0 aliphatic rings. The average molecular weight is 294 g/mol. The van der Waals surface area contributed by atoms with Crippen LogP contribution >= 0.6 is 0 Å². The molecule has 6 nitrogen and oxygen atoms in total. The first kappa shape index (κ1) is 17.1. The first-order valence-electron chi connectivity index (χ1n) is 6.83. The van der Waals surface area contributed by atoms with Gasteiger partial charge in [-0.15, -0.1) is 0 Å². The first-order valence-corrected chi connectivity index (χ1v) is 6.83. The Morgan fingerprint density at radius 2 is 1.95 bits per heavy atom. The highest BCUT2D eigenvalue weighted by atomic mass is 16.5. The summed E-state index contributed by atoms with van der Waals surface area (Å²) in [5, 5.41) is 9.44. The van der Waals surface area contributed by atoms with Gasteiger partial charge >= 0.3 is 5.97 Å². The summed E-state index contributed by atoms with van der Waals surface area (Å²) in [5.41, 5.74) is 6.62. The molecule has 0 aromatic heterocycles. The molecule has 1 aromatic carbocycles. The lowest BCUT2D eigenvalue weighted by Gasteiger charge is -2.30. The van der Waals surface area contributed by atoms with Crippen molar-refractivity contribution in [2.75, 3.05) is 13.7 Å². The van der Waals surface area contributed by atoms with E-state index in [1.807, 2.05) is 30.3 Å². The molecule has 1 amide bonds. The largest absolute Gasteiger partial charge is 0.467 e. The minimum atomic E-state index is -1.06. The lowest BCUT2D eigenvalue weighted by atomic mass is 10.1. The predicted molar refractivity (Wildman–Crippen MR) is 78.1 cm³/mol. The van der Waals surface area contributed by atoms with Gasteiger partial charge in [0.05, 0.1) is 19.8 Å². The van der Waals surface area contributed by atoms with Crippen molar-refractivity contribution in [2.45, 2.75) is 32.0 Å². The zero-order chi connectivity index (χ0) is 15.8. The molecule has 6 heteroatoms. The van der Waals surface area contributed by atoms with E-state index in [0.717, 1.165) is 5.56 Å². The molecule has 0 fully saturated rings. The van der Waals surface area contributed by atoms with Gasteiger partial charge in [0.1, 0.15) is 0 Å². The van der Waals surface area contributed by atoms with Crippen molar-refractivity contribution in [3.63, 3.8) is 0 Å². The van der Waals surface area contributed by atoms with Crippen LogP contribution in [0.4, 0.5) is 0 Å². The number of amides is 1. The second-order valence-electron chi connectivity index (χ2n) is 4.69. The number of carbonyl (C=O) groups is 2. The normalized spacial score (nSPS) is 13.3. The van der Waals surface area contributed by atoms with Crippen LogP contribution in [0.25, 0.3) is 0 Å². The third-order valence-electron chi connectivity index (χ3n) is 3.26. The molecule has 2 atom stereocenters. The Morgan fingerprint density at radius 1 is 1.33 bits per heavy atom. The van der Waals surface area contributed by atoms with E-state index >= 15 is 0 Å². The van der Waals surface area contributed by atoms with Gasteiger partial charge in [0.25, 0.3) is 0 Å². The molecule has 0 spiro atoms. The van der Waals surface area contributed by atoms with E-state index in [9.17, 15) is 14.7 Å². The van der Waals surface area contributed by atoms with Gasteiger partial charge < -0.3 is 20.5 Å². The summed E-state index contributed by atoms with van der Waals surface area (Å²) in [6.07, 6.45) is 0.448. The number of hydrogen-bond donors (Lipinski definition) is 2. The Labute approximate surface area is 124 Å². The molecule has 3 N–H and O–H groups in total. The maximum absolute atomic E-state index is 12.4. The summed E-state index contributed by atoms with van der Waals surface area (Å²) < 4.78 is 4.65. The van der Waals surface area contributed by atoms with E-state index in [4.69, 9.17) is 5.73 Å². The van der Waals surface area contributed by atoms with E-state index in [1.54, 1.807) is 6.92 Å². The van der Waals surface area contributed by atoms with Crippen LogP contribution in [-0.4, -0.2) is 47.7 Å². The topological polar surface area (TPSA) is 92.9 Å². The number of benzene rings is 1. The quantitative estimate of drug-likeness (QED) is 0.705. The van der Waals surface area contributed by atoms with E-state index in [0.29, 0.717) is 6.42 Å². The highest BCUT2D eigenvalue weighted by molar-refractivity contribution is 5.87. The molecular formula is C15H22N2O4. The highest BCUT2D eigenvalue weighted by Gasteiger charge is 2.32. The van der Waals surface area contributed by atoms with Crippen molar-refractivity contribution >= 4 is 11.9 Å². The molecule has 0 saturated carbocycles. The predicted octanol–water partition coefficient (Wildman–Crippen LogP) is 0.286. The second-order valence-corrected chi connectivity index (χ2v) is 4.69. The summed E-state index contributed by atoms with van der Waals surface area (Å²) in [7, 11) is 1.22. The summed E-state index contributed by atoms with van der Waals surface area (Å²) in [6, 6.07) is 7.44. The molecule has 0 bridgehead atoms. The maximum atomic E-state index is 12.4. The van der Waals surface area contributed by atoms with Gasteiger partial charge in [-0.25, -0.2) is 4.79 Å². The van der Waals surface area contributed by atoms with E-state index < -0.39 is 24.7 Å². The number of esters is 1. The minimum Gasteiger partial charge on any atom is -0.467 e. The fraction of sp³-hybridized carbons (Fsp3) is 0.467. The summed E-state index contributed by atoms with van der Waals surface area (Å²) in [6.45, 7) is 1.46. The van der Waals surface area contributed by atoms with Crippen LogP contribution in [-0.2, 0) is 20.9 Å². The number of carbonyl (C=O) groups excluding carboxylic acids is 2. The highest BCUT2D eigenvalue weighted by Crippen LogP contribution is 2.12. The van der Waals surface area contributed by atoms with Crippen molar-refractivity contribution < 1.29 is 19.4 Å². The lowest BCUT2D eigenvalue weighted by Crippen LogP contribution is -2.52. The Hall–Kier alpha value is -1.92. The van der Waals surface area contributed by atoms with Crippen molar-refractivity contribution in [2.24, 2.45) is 5.73 Å². The first-order chi connectivity index (χ1) is 10.0. The van der Waals surface area contributed by atoms with E-state index in [2.05, 4.69) is 4.74 Å². The third kappa shape index (κ3) is 4.54. The molecule has 0 aliphatic heterocycles. The summed E-state index contributed by atoms with van der Waals surface area (Å²) in [4.78, 5) is 25.4. The fourth-order valence-corrected chi connectivity index (χ4v) is 1.95. The minimum absolute atomic E-state index is 0.188. The lowest BCUT2D eigenvalue weighted by molar-refractivity contribution is -0.155. The number of hydrogen-bond acceptors (Lipinski definition) is 5. The van der Waals surface area contributed by atoms with Crippen LogP contribution in [0.3, 0.4) is 0 Å². The fourth-order valence-electron chi connectivity index (χ4n) is 1.95. The molecule has 0 heterocycles. The van der Waals surface area contributed by atoms with Gasteiger partial charge in [-0.3, -0.25) is 4.79 Å². The Morgan fingerprint density at radius 3 is 2.43 bits per heavy atom. The van der Waals surface area contributed by atoms with Gasteiger partial charge in [0, 0.05) is 6.54 Å². The van der Waals surface area contributed by atoms with Crippen molar-refractivity contribution in [1.82, 2.24) is 4.90 Å². The average Bonchev–Trinajstić information content (AvgIpc) is 2.53. The van der Waals surface area contributed by atoms with Crippen molar-refractivity contribution in [3.05, 3.63) is 35.9 Å². The smallest absolute Gasteiger partial charge is 0.331 e. The number of nitrogens with two attached hydrogens (primary N) is 1. The van der Waals surface area contributed by atoms with Crippen LogP contribution < -0.4 is 5.73 Å². The Kier molecular flexibility index (Phi) is 6.84. The number of rotatable bonds is 7. The zero-order valence-electron chi connectivity index (χ0n) is 12.4. The van der Waals surface area contributed by atoms with Crippen LogP contribution in [0, 0.1) is 0 Å². The van der Waals surface area contributed by atoms with Crippen LogP contribution in [0.2, 0.25) is 0 Å². The van der Waals surface area contributed by atoms with Gasteiger partial charge in [0.15, 0.2) is 6.04 Å². The van der Waals surface area contributed by atoms with Gasteiger partial charge in [-0.1, -0.05) is 37.3 Å². The molecule has 1 rings (SSSR count). The Bertz CT molecular complexity index is 464. The van der Waals surface area contributed by atoms with Gasteiger partial charge in [-0.2, -0.15) is 0 Å². The van der Waals surface area contributed by atoms with Crippen molar-refractivity contribution in [3.8, 4) is 0 Å². The van der Waals surface area contributed by atoms with Crippen LogP contribution in [0.15, 0.2) is 30.3 Å². The van der Waals surface area contributed by atoms with E-state index in [-0.39, 0.29) is 12.5 Å². The number of methoxy groups -OCH3 is 1. The molecule has 0 radical (unpaired) electrons. The molecule has 116 valence electrons. The number of aliphatic hydroxyl groups excluding tert-OH is 1. The van der Waals surface area contributed by atoms with Crippen LogP contribution in [0.5, 0.6) is 0 Å². The van der Waals surface area contributed by atoms with Gasteiger partial charge in [0.2, 0.25) is 5.91 Å². The second kappa shape index (κ2) is 8.39. The maximum Gasteiger partial charge on any atom is 0.331 e. The number of aliphatic hydroxyl groups is 1. The summed E-state index contributed by atoms with van der Waals surface area (Å²) in [5.74, 6) is -1.05. The third-order valence-corrected chi connectivity index (χ3v) is 3.26. The summed E-state index contributed by atoms with van der Waals surface area (Å²) >= 11 is 0. The number of ether oxygens (including phenoxy) is 1. The van der Waals surface area contributed by atoms with Crippen molar-refractivity contribution in [1.29, 1.82) is 0 Å². The zero-order valence-corrected chi connectivity index (χ0v) is 12.4. The van der Waals surface area contributed by atoms with Gasteiger partial charge in [-0.05, 0) is 12.0 Å². The SMILES string of the molecule is CC[C@@H](N)C(=O)N(Cc1ccccc1)[C@H](CO)C(=O)OC. The van der Waals surface area contributed by atoms with E-state index in [1.165, 1.54) is 12.0 Å². The molecule has 21 heavy (non-hydrogen) atoms. The molecule has 0 saturated heterocycles. The molecular weight excluding hydrogens is 272 g/mol. The standard InChI is InChI=1S/C15H22N2O4/c1-3-12(16)14(19)17(13(10-18)15(20)21-2)9-11-7-5-4-6-8-11/h4-8,12-13,18H,3,9-10,16H2,1-2H3/t12-,13-/m1/s1. The molecule has 1 aromatic rings. The molecule has 0 unspecified atom stereocenters. The van der Waals surface area contributed by atoms with Crippen LogP contribution in [0.1, 0.15) is 18.9 Å². The number of nitrogens with zero attached hydrogens (tertiary/aromatic N) is 1. The Balaban J connectivity index is 3.03. The molecule has 0 aliphatic carbocycles. The monoisotopic (exact) mass is 294 g/mol.